The van der Waals surface area contributed by atoms with Crippen LogP contribution in [0.5, 0.6) is 0 Å². The zero-order valence-electron chi connectivity index (χ0n) is 13.4. The molecule has 6 nitrogen and oxygen atoms in total. The first-order valence-corrected chi connectivity index (χ1v) is 7.32. The third kappa shape index (κ3) is 3.30. The molecule has 0 aliphatic rings. The lowest BCUT2D eigenvalue weighted by Crippen LogP contribution is -2.28. The Kier molecular flexibility index (Phi) is 4.15. The predicted octanol–water partition coefficient (Wildman–Crippen LogP) is 2.65. The van der Waals surface area contributed by atoms with E-state index in [1.165, 1.54) is 37.6 Å². The average molecular weight is 349 g/mol. The van der Waals surface area contributed by atoms with Crippen molar-refractivity contribution in [3.05, 3.63) is 53.7 Å². The lowest BCUT2D eigenvalue weighted by Gasteiger charge is -2.17. The normalized spacial score (nSPS) is 11.7. The van der Waals surface area contributed by atoms with Gasteiger partial charge in [-0.1, -0.05) is 6.07 Å². The van der Waals surface area contributed by atoms with Crippen molar-refractivity contribution in [2.75, 3.05) is 7.05 Å². The van der Waals surface area contributed by atoms with Crippen molar-refractivity contribution in [2.45, 2.75) is 12.7 Å². The van der Waals surface area contributed by atoms with E-state index in [9.17, 15) is 18.0 Å². The second-order valence-electron chi connectivity index (χ2n) is 5.57. The average Bonchev–Trinajstić information content (AvgIpc) is 2.94. The summed E-state index contributed by atoms with van der Waals surface area (Å²) in [5.41, 5.74) is -0.583. The number of carbonyl (C=O) groups excluding carboxylic acids is 1. The number of fused-ring (bicyclic) bond motifs is 1. The molecule has 0 aliphatic heterocycles. The summed E-state index contributed by atoms with van der Waals surface area (Å²) in [5.74, 6) is -0.513. The molecule has 0 saturated heterocycles. The number of halogens is 3. The summed E-state index contributed by atoms with van der Waals surface area (Å²) in [4.78, 5) is 22.0. The fraction of sp³-hybridized carbons (Fsp3) is 0.250. The largest absolute Gasteiger partial charge is 0.435 e. The topological polar surface area (TPSA) is 63.9 Å². The number of nitrogens with zero attached hydrogens (tertiary/aromatic N) is 5. The van der Waals surface area contributed by atoms with Crippen LogP contribution in [-0.4, -0.2) is 37.6 Å². The van der Waals surface area contributed by atoms with Crippen LogP contribution in [0, 0.1) is 0 Å². The lowest BCUT2D eigenvalue weighted by atomic mass is 10.2. The summed E-state index contributed by atoms with van der Waals surface area (Å²) in [6.45, 7) is -0.244. The molecular weight excluding hydrogens is 335 g/mol. The van der Waals surface area contributed by atoms with Crippen molar-refractivity contribution < 1.29 is 18.0 Å². The number of carbonyl (C=O) groups is 1. The zero-order valence-corrected chi connectivity index (χ0v) is 13.4. The van der Waals surface area contributed by atoms with Crippen molar-refractivity contribution in [3.8, 4) is 0 Å². The Balaban J connectivity index is 1.91. The fourth-order valence-electron chi connectivity index (χ4n) is 2.56. The van der Waals surface area contributed by atoms with Crippen LogP contribution in [0.25, 0.3) is 10.9 Å². The molecule has 130 valence electrons. The summed E-state index contributed by atoms with van der Waals surface area (Å²) < 4.78 is 40.2. The molecule has 0 aliphatic carbocycles. The van der Waals surface area contributed by atoms with Gasteiger partial charge in [0.1, 0.15) is 5.52 Å². The molecule has 0 unspecified atom stereocenters. The van der Waals surface area contributed by atoms with Gasteiger partial charge in [-0.3, -0.25) is 14.5 Å². The van der Waals surface area contributed by atoms with Crippen molar-refractivity contribution in [1.29, 1.82) is 0 Å². The van der Waals surface area contributed by atoms with Gasteiger partial charge in [-0.2, -0.15) is 18.3 Å². The Morgan fingerprint density at radius 1 is 1.24 bits per heavy atom. The Bertz CT molecular complexity index is 930. The van der Waals surface area contributed by atoms with Gasteiger partial charge in [-0.05, 0) is 12.1 Å². The van der Waals surface area contributed by atoms with Crippen LogP contribution >= 0.6 is 0 Å². The summed E-state index contributed by atoms with van der Waals surface area (Å²) in [6, 6.07) is 5.22. The molecule has 1 amide bonds. The van der Waals surface area contributed by atoms with Crippen LogP contribution in [0.3, 0.4) is 0 Å². The van der Waals surface area contributed by atoms with E-state index in [-0.39, 0.29) is 17.8 Å². The molecule has 3 rings (SSSR count). The smallest absolute Gasteiger partial charge is 0.336 e. The van der Waals surface area contributed by atoms with E-state index in [1.54, 1.807) is 18.2 Å². The third-order valence-corrected chi connectivity index (χ3v) is 3.65. The minimum absolute atomic E-state index is 0.0842. The van der Waals surface area contributed by atoms with Gasteiger partial charge in [0.2, 0.25) is 0 Å². The standard InChI is InChI=1S/C16H14F3N5O/c1-23(8-11-9-24(2)22-14(11)16(17,18)19)15(25)13-12-10(5-7-21-13)4-3-6-20-12/h3-7,9H,8H2,1-2H3. The van der Waals surface area contributed by atoms with Crippen LogP contribution in [0.15, 0.2) is 36.8 Å². The minimum Gasteiger partial charge on any atom is -0.336 e. The van der Waals surface area contributed by atoms with E-state index in [0.29, 0.717) is 5.52 Å². The number of alkyl halides is 3. The van der Waals surface area contributed by atoms with Gasteiger partial charge in [0.25, 0.3) is 5.91 Å². The predicted molar refractivity (Wildman–Crippen MR) is 83.5 cm³/mol. The van der Waals surface area contributed by atoms with Gasteiger partial charge in [0.05, 0.1) is 0 Å². The molecule has 0 atom stereocenters. The lowest BCUT2D eigenvalue weighted by molar-refractivity contribution is -0.142. The molecule has 0 saturated carbocycles. The second kappa shape index (κ2) is 6.15. The molecule has 25 heavy (non-hydrogen) atoms. The molecule has 0 aromatic carbocycles. The molecular formula is C16H14F3N5O. The maximum Gasteiger partial charge on any atom is 0.435 e. The SMILES string of the molecule is CN(Cc1cn(C)nc1C(F)(F)F)C(=O)c1nccc2cccnc12. The summed E-state index contributed by atoms with van der Waals surface area (Å²) in [5, 5.41) is 4.17. The summed E-state index contributed by atoms with van der Waals surface area (Å²) in [6.07, 6.45) is -0.332. The maximum atomic E-state index is 13.0. The molecule has 0 bridgehead atoms. The van der Waals surface area contributed by atoms with E-state index in [0.717, 1.165) is 10.1 Å². The van der Waals surface area contributed by atoms with Gasteiger partial charge in [0.15, 0.2) is 11.4 Å². The van der Waals surface area contributed by atoms with Crippen LogP contribution < -0.4 is 0 Å². The molecule has 3 heterocycles. The zero-order chi connectivity index (χ0) is 18.2. The number of aryl methyl sites for hydroxylation is 1. The van der Waals surface area contributed by atoms with Gasteiger partial charge in [-0.15, -0.1) is 0 Å². The number of aromatic nitrogens is 4. The first-order chi connectivity index (χ1) is 11.8. The number of pyridine rings is 2. The van der Waals surface area contributed by atoms with Crippen LogP contribution in [0.4, 0.5) is 13.2 Å². The van der Waals surface area contributed by atoms with Crippen molar-refractivity contribution in [1.82, 2.24) is 24.6 Å². The van der Waals surface area contributed by atoms with Gasteiger partial charge < -0.3 is 4.90 Å². The molecule has 0 spiro atoms. The summed E-state index contributed by atoms with van der Waals surface area (Å²) in [7, 11) is 2.82. The molecule has 9 heteroatoms. The van der Waals surface area contributed by atoms with Gasteiger partial charge in [0, 0.05) is 50.2 Å². The fourth-order valence-corrected chi connectivity index (χ4v) is 2.56. The third-order valence-electron chi connectivity index (χ3n) is 3.65. The highest BCUT2D eigenvalue weighted by molar-refractivity contribution is 6.03. The van der Waals surface area contributed by atoms with E-state index < -0.39 is 17.8 Å². The monoisotopic (exact) mass is 349 g/mol. The number of hydrogen-bond acceptors (Lipinski definition) is 4. The van der Waals surface area contributed by atoms with Gasteiger partial charge >= 0.3 is 6.18 Å². The number of rotatable bonds is 3. The Morgan fingerprint density at radius 2 is 2.00 bits per heavy atom. The Labute approximate surface area is 140 Å². The van der Waals surface area contributed by atoms with Crippen molar-refractivity contribution >= 4 is 16.8 Å². The minimum atomic E-state index is -4.58. The van der Waals surface area contributed by atoms with Crippen LogP contribution in [-0.2, 0) is 19.8 Å². The first-order valence-electron chi connectivity index (χ1n) is 7.32. The van der Waals surface area contributed by atoms with Crippen LogP contribution in [0.1, 0.15) is 21.7 Å². The quantitative estimate of drug-likeness (QED) is 0.729. The highest BCUT2D eigenvalue weighted by Crippen LogP contribution is 2.31. The second-order valence-corrected chi connectivity index (χ2v) is 5.57. The van der Waals surface area contributed by atoms with E-state index in [1.807, 2.05) is 0 Å². The van der Waals surface area contributed by atoms with E-state index in [2.05, 4.69) is 15.1 Å². The highest BCUT2D eigenvalue weighted by Gasteiger charge is 2.37. The summed E-state index contributed by atoms with van der Waals surface area (Å²) >= 11 is 0. The maximum absolute atomic E-state index is 13.0. The Hall–Kier alpha value is -2.97. The molecule has 0 fully saturated rings. The number of amides is 1. The highest BCUT2D eigenvalue weighted by atomic mass is 19.4. The molecule has 0 radical (unpaired) electrons. The Morgan fingerprint density at radius 3 is 2.72 bits per heavy atom. The molecule has 3 aromatic rings. The number of hydrogen-bond donors (Lipinski definition) is 0. The van der Waals surface area contributed by atoms with Crippen molar-refractivity contribution in [3.63, 3.8) is 0 Å². The molecule has 0 N–H and O–H groups in total. The van der Waals surface area contributed by atoms with Gasteiger partial charge in [-0.25, -0.2) is 4.98 Å². The first kappa shape index (κ1) is 16.9. The molecule has 3 aromatic heterocycles. The van der Waals surface area contributed by atoms with E-state index >= 15 is 0 Å². The van der Waals surface area contributed by atoms with E-state index in [4.69, 9.17) is 0 Å². The van der Waals surface area contributed by atoms with Crippen molar-refractivity contribution in [2.24, 2.45) is 7.05 Å². The van der Waals surface area contributed by atoms with Crippen LogP contribution in [0.2, 0.25) is 0 Å².